The molecule has 62 valence electrons. The second-order valence-corrected chi connectivity index (χ2v) is 3.62. The van der Waals surface area contributed by atoms with Crippen molar-refractivity contribution in [1.29, 1.82) is 0 Å². The van der Waals surface area contributed by atoms with E-state index in [2.05, 4.69) is 15.9 Å². The van der Waals surface area contributed by atoms with Crippen molar-refractivity contribution in [2.45, 2.75) is 6.92 Å². The molecule has 0 aromatic heterocycles. The monoisotopic (exact) mass is 224 g/mol. The van der Waals surface area contributed by atoms with Crippen LogP contribution in [0.1, 0.15) is 12.5 Å². The zero-order valence-electron chi connectivity index (χ0n) is 6.75. The number of allylic oxidation sites excluding steroid dienone is 2. The molecule has 0 spiro atoms. The van der Waals surface area contributed by atoms with Crippen molar-refractivity contribution in [2.75, 3.05) is 0 Å². The zero-order valence-corrected chi connectivity index (χ0v) is 8.34. The first-order chi connectivity index (χ1) is 5.75. The van der Waals surface area contributed by atoms with Gasteiger partial charge in [-0.3, -0.25) is 4.79 Å². The summed E-state index contributed by atoms with van der Waals surface area (Å²) in [7, 11) is 0. The third kappa shape index (κ3) is 2.05. The average Bonchev–Trinajstić information content (AvgIpc) is 2.07. The number of halogens is 1. The van der Waals surface area contributed by atoms with Gasteiger partial charge in [0.2, 0.25) is 0 Å². The van der Waals surface area contributed by atoms with E-state index in [1.165, 1.54) is 0 Å². The summed E-state index contributed by atoms with van der Waals surface area (Å²) in [5, 5.41) is 0. The van der Waals surface area contributed by atoms with Crippen molar-refractivity contribution >= 4 is 27.8 Å². The topological polar surface area (TPSA) is 17.1 Å². The van der Waals surface area contributed by atoms with E-state index in [0.717, 1.165) is 16.3 Å². The molecular weight excluding hydrogens is 216 g/mol. The summed E-state index contributed by atoms with van der Waals surface area (Å²) in [5.74, 6) is 0. The lowest BCUT2D eigenvalue weighted by Gasteiger charge is -1.99. The van der Waals surface area contributed by atoms with Crippen LogP contribution >= 0.6 is 15.9 Å². The maximum absolute atomic E-state index is 10.7. The van der Waals surface area contributed by atoms with Crippen molar-refractivity contribution in [2.24, 2.45) is 0 Å². The Hall–Kier alpha value is -0.890. The molecule has 1 rings (SSSR count). The van der Waals surface area contributed by atoms with Crippen molar-refractivity contribution in [3.05, 3.63) is 40.4 Å². The molecule has 0 bridgehead atoms. The maximum atomic E-state index is 10.7. The van der Waals surface area contributed by atoms with Crippen molar-refractivity contribution in [3.63, 3.8) is 0 Å². The van der Waals surface area contributed by atoms with Gasteiger partial charge >= 0.3 is 0 Å². The first kappa shape index (κ1) is 9.20. The van der Waals surface area contributed by atoms with Crippen LogP contribution in [0.5, 0.6) is 0 Å². The highest BCUT2D eigenvalue weighted by molar-refractivity contribution is 9.11. The molecule has 0 radical (unpaired) electrons. The number of rotatable bonds is 2. The van der Waals surface area contributed by atoms with Crippen LogP contribution in [0.2, 0.25) is 0 Å². The zero-order chi connectivity index (χ0) is 8.97. The molecule has 1 nitrogen and oxygen atoms in total. The number of carbonyl (C=O) groups excluding carboxylic acids is 1. The summed E-state index contributed by atoms with van der Waals surface area (Å²) in [4.78, 5) is 10.7. The lowest BCUT2D eigenvalue weighted by Crippen LogP contribution is -1.85. The summed E-state index contributed by atoms with van der Waals surface area (Å²) in [6.45, 7) is 1.86. The van der Waals surface area contributed by atoms with Gasteiger partial charge in [0.15, 0.2) is 6.29 Å². The second kappa shape index (κ2) is 4.21. The van der Waals surface area contributed by atoms with Gasteiger partial charge in [-0.25, -0.2) is 0 Å². The summed E-state index contributed by atoms with van der Waals surface area (Å²) < 4.78 is 0.865. The summed E-state index contributed by atoms with van der Waals surface area (Å²) in [5.41, 5.74) is 1.65. The molecule has 0 fully saturated rings. The van der Waals surface area contributed by atoms with E-state index in [-0.39, 0.29) is 0 Å². The van der Waals surface area contributed by atoms with Gasteiger partial charge in [-0.1, -0.05) is 46.3 Å². The van der Waals surface area contributed by atoms with Gasteiger partial charge < -0.3 is 0 Å². The molecule has 0 saturated heterocycles. The fraction of sp³-hybridized carbons (Fsp3) is 0.100. The van der Waals surface area contributed by atoms with E-state index in [1.54, 1.807) is 0 Å². The number of benzene rings is 1. The predicted molar refractivity (Wildman–Crippen MR) is 54.0 cm³/mol. The van der Waals surface area contributed by atoms with Crippen LogP contribution in [0.3, 0.4) is 0 Å². The van der Waals surface area contributed by atoms with Crippen LogP contribution in [-0.2, 0) is 4.79 Å². The number of hydrogen-bond donors (Lipinski definition) is 0. The van der Waals surface area contributed by atoms with Crippen molar-refractivity contribution < 1.29 is 4.79 Å². The van der Waals surface area contributed by atoms with E-state index < -0.39 is 0 Å². The van der Waals surface area contributed by atoms with Crippen LogP contribution < -0.4 is 0 Å². The normalized spacial score (nSPS) is 12.2. The maximum Gasteiger partial charge on any atom is 0.151 e. The molecule has 0 aliphatic rings. The molecule has 1 aromatic carbocycles. The van der Waals surface area contributed by atoms with Gasteiger partial charge in [0, 0.05) is 10.1 Å². The Labute approximate surface area is 80.2 Å². The van der Waals surface area contributed by atoms with Crippen molar-refractivity contribution in [1.82, 2.24) is 0 Å². The Morgan fingerprint density at radius 2 is 1.92 bits per heavy atom. The minimum absolute atomic E-state index is 0.704. The van der Waals surface area contributed by atoms with Crippen molar-refractivity contribution in [3.8, 4) is 0 Å². The van der Waals surface area contributed by atoms with Gasteiger partial charge in [-0.05, 0) is 12.5 Å². The van der Waals surface area contributed by atoms with E-state index in [4.69, 9.17) is 0 Å². The fourth-order valence-electron chi connectivity index (χ4n) is 0.966. The lowest BCUT2D eigenvalue weighted by molar-refractivity contribution is -0.103. The summed E-state index contributed by atoms with van der Waals surface area (Å²) in [6.07, 6.45) is 0.861. The van der Waals surface area contributed by atoms with E-state index in [0.29, 0.717) is 5.57 Å². The minimum Gasteiger partial charge on any atom is -0.298 e. The molecule has 12 heavy (non-hydrogen) atoms. The minimum atomic E-state index is 0.704. The summed E-state index contributed by atoms with van der Waals surface area (Å²) >= 11 is 3.29. The van der Waals surface area contributed by atoms with Gasteiger partial charge in [-0.15, -0.1) is 0 Å². The molecular formula is C10H9BrO. The van der Waals surface area contributed by atoms with Crippen LogP contribution in [0.4, 0.5) is 0 Å². The van der Waals surface area contributed by atoms with Crippen LogP contribution in [0.25, 0.3) is 5.57 Å². The Morgan fingerprint density at radius 1 is 1.33 bits per heavy atom. The number of carbonyl (C=O) groups is 1. The molecule has 0 aliphatic carbocycles. The quantitative estimate of drug-likeness (QED) is 0.558. The molecule has 1 aromatic rings. The first-order valence-corrected chi connectivity index (χ1v) is 4.42. The number of hydrogen-bond acceptors (Lipinski definition) is 1. The smallest absolute Gasteiger partial charge is 0.151 e. The Kier molecular flexibility index (Phi) is 3.23. The SMILES string of the molecule is C/C(Br)=C(\C=O)c1ccccc1. The lowest BCUT2D eigenvalue weighted by atomic mass is 10.1. The summed E-state index contributed by atoms with van der Waals surface area (Å²) in [6, 6.07) is 9.57. The molecule has 0 aliphatic heterocycles. The first-order valence-electron chi connectivity index (χ1n) is 3.62. The molecule has 0 saturated carbocycles. The van der Waals surface area contributed by atoms with E-state index in [1.807, 2.05) is 37.3 Å². The molecule has 0 N–H and O–H groups in total. The van der Waals surface area contributed by atoms with E-state index >= 15 is 0 Å². The molecule has 0 atom stereocenters. The van der Waals surface area contributed by atoms with Gasteiger partial charge in [0.05, 0.1) is 0 Å². The average molecular weight is 225 g/mol. The van der Waals surface area contributed by atoms with Gasteiger partial charge in [0.25, 0.3) is 0 Å². The highest BCUT2D eigenvalue weighted by Gasteiger charge is 2.00. The van der Waals surface area contributed by atoms with Crippen LogP contribution in [-0.4, -0.2) is 6.29 Å². The van der Waals surface area contributed by atoms with E-state index in [9.17, 15) is 4.79 Å². The van der Waals surface area contributed by atoms with Gasteiger partial charge in [-0.2, -0.15) is 0 Å². The molecule has 0 heterocycles. The second-order valence-electron chi connectivity index (χ2n) is 2.43. The standard InChI is InChI=1S/C10H9BrO/c1-8(11)10(7-12)9-5-3-2-4-6-9/h2-7H,1H3/b10-8-. The largest absolute Gasteiger partial charge is 0.298 e. The van der Waals surface area contributed by atoms with Crippen LogP contribution in [0, 0.1) is 0 Å². The number of aldehydes is 1. The predicted octanol–water partition coefficient (Wildman–Crippen LogP) is 3.01. The van der Waals surface area contributed by atoms with Crippen LogP contribution in [0.15, 0.2) is 34.8 Å². The molecule has 0 amide bonds. The third-order valence-corrected chi connectivity index (χ3v) is 2.00. The Balaban J connectivity index is 3.14. The highest BCUT2D eigenvalue weighted by atomic mass is 79.9. The Morgan fingerprint density at radius 3 is 2.33 bits per heavy atom. The highest BCUT2D eigenvalue weighted by Crippen LogP contribution is 2.19. The molecule has 0 unspecified atom stereocenters. The fourth-order valence-corrected chi connectivity index (χ4v) is 1.29. The molecule has 2 heteroatoms. The van der Waals surface area contributed by atoms with Gasteiger partial charge in [0.1, 0.15) is 0 Å². The Bertz CT molecular complexity index is 297. The third-order valence-electron chi connectivity index (χ3n) is 1.57.